The van der Waals surface area contributed by atoms with Gasteiger partial charge in [-0.3, -0.25) is 14.5 Å². The molecule has 3 rings (SSSR count). The molecular weight excluding hydrogens is 408 g/mol. The third-order valence-electron chi connectivity index (χ3n) is 4.69. The lowest BCUT2D eigenvalue weighted by atomic mass is 10.1. The van der Waals surface area contributed by atoms with Gasteiger partial charge in [-0.2, -0.15) is 0 Å². The molecule has 4 amide bonds. The topological polar surface area (TPSA) is 139 Å². The van der Waals surface area contributed by atoms with Crippen molar-refractivity contribution in [3.8, 4) is 0 Å². The van der Waals surface area contributed by atoms with Gasteiger partial charge in [0.15, 0.2) is 0 Å². The van der Waals surface area contributed by atoms with Crippen LogP contribution in [0.5, 0.6) is 0 Å². The smallest absolute Gasteiger partial charge is 0.325 e. The molecular formula is C20H22N4O5S. The number of hydrogen-bond acceptors (Lipinski definition) is 5. The Balaban J connectivity index is 1.46. The number of urea groups is 1. The molecule has 2 aromatic rings. The molecule has 30 heavy (non-hydrogen) atoms. The van der Waals surface area contributed by atoms with Crippen molar-refractivity contribution >= 4 is 27.9 Å². The van der Waals surface area contributed by atoms with E-state index in [1.54, 1.807) is 12.1 Å². The van der Waals surface area contributed by atoms with E-state index in [1.807, 2.05) is 30.3 Å². The number of primary sulfonamides is 1. The number of hydrogen-bond donors (Lipinski definition) is 3. The molecule has 0 spiro atoms. The van der Waals surface area contributed by atoms with Gasteiger partial charge in [-0.1, -0.05) is 42.5 Å². The van der Waals surface area contributed by atoms with Gasteiger partial charge < -0.3 is 10.6 Å². The van der Waals surface area contributed by atoms with Gasteiger partial charge in [0.05, 0.1) is 11.4 Å². The van der Waals surface area contributed by atoms with E-state index in [2.05, 4.69) is 10.6 Å². The SMILES string of the molecule is NS(=O)(=O)c1ccc(CNC(=O)CC[C@@H]2NC(=O)N(Cc3ccccc3)C2=O)cc1. The number of nitrogens with zero attached hydrogens (tertiary/aromatic N) is 1. The first-order chi connectivity index (χ1) is 14.2. The molecule has 1 atom stereocenters. The number of rotatable bonds is 8. The number of amides is 4. The van der Waals surface area contributed by atoms with Crippen LogP contribution in [-0.4, -0.2) is 37.2 Å². The maximum atomic E-state index is 12.5. The first kappa shape index (κ1) is 21.5. The van der Waals surface area contributed by atoms with Gasteiger partial charge in [-0.25, -0.2) is 18.4 Å². The van der Waals surface area contributed by atoms with Gasteiger partial charge in [0.1, 0.15) is 6.04 Å². The van der Waals surface area contributed by atoms with E-state index >= 15 is 0 Å². The van der Waals surface area contributed by atoms with E-state index in [-0.39, 0.29) is 42.6 Å². The molecule has 4 N–H and O–H groups in total. The second-order valence-corrected chi connectivity index (χ2v) is 8.48. The fourth-order valence-electron chi connectivity index (χ4n) is 3.05. The van der Waals surface area contributed by atoms with E-state index in [0.29, 0.717) is 5.56 Å². The van der Waals surface area contributed by atoms with Crippen molar-refractivity contribution in [1.82, 2.24) is 15.5 Å². The normalized spacial score (nSPS) is 16.4. The first-order valence-electron chi connectivity index (χ1n) is 9.28. The van der Waals surface area contributed by atoms with Gasteiger partial charge in [0, 0.05) is 13.0 Å². The molecule has 1 saturated heterocycles. The summed E-state index contributed by atoms with van der Waals surface area (Å²) >= 11 is 0. The largest absolute Gasteiger partial charge is 0.352 e. The Morgan fingerprint density at radius 2 is 1.70 bits per heavy atom. The van der Waals surface area contributed by atoms with Gasteiger partial charge in [0.25, 0.3) is 5.91 Å². The molecule has 158 valence electrons. The van der Waals surface area contributed by atoms with Crippen LogP contribution in [0.25, 0.3) is 0 Å². The van der Waals surface area contributed by atoms with Crippen molar-refractivity contribution in [2.24, 2.45) is 5.14 Å². The average molecular weight is 430 g/mol. The van der Waals surface area contributed by atoms with Crippen LogP contribution in [0.4, 0.5) is 4.79 Å². The summed E-state index contributed by atoms with van der Waals surface area (Å²) in [6.45, 7) is 0.386. The van der Waals surface area contributed by atoms with Crippen LogP contribution < -0.4 is 15.8 Å². The van der Waals surface area contributed by atoms with Gasteiger partial charge in [-0.05, 0) is 29.7 Å². The highest BCUT2D eigenvalue weighted by molar-refractivity contribution is 7.89. The molecule has 0 aromatic heterocycles. The summed E-state index contributed by atoms with van der Waals surface area (Å²) in [5, 5.41) is 10.4. The van der Waals surface area contributed by atoms with Crippen LogP contribution in [0.1, 0.15) is 24.0 Å². The molecule has 1 aliphatic heterocycles. The minimum atomic E-state index is -3.76. The third kappa shape index (κ3) is 5.43. The van der Waals surface area contributed by atoms with Crippen molar-refractivity contribution < 1.29 is 22.8 Å². The first-order valence-corrected chi connectivity index (χ1v) is 10.8. The van der Waals surface area contributed by atoms with Gasteiger partial charge in [-0.15, -0.1) is 0 Å². The maximum absolute atomic E-state index is 12.5. The molecule has 1 fully saturated rings. The van der Waals surface area contributed by atoms with Crippen LogP contribution in [0.3, 0.4) is 0 Å². The number of carbonyl (C=O) groups is 3. The lowest BCUT2D eigenvalue weighted by Gasteiger charge is -2.13. The summed E-state index contributed by atoms with van der Waals surface area (Å²) in [6, 6.07) is 13.8. The van der Waals surface area contributed by atoms with E-state index in [9.17, 15) is 22.8 Å². The molecule has 0 radical (unpaired) electrons. The Labute approximate surface area is 174 Å². The second-order valence-electron chi connectivity index (χ2n) is 6.92. The highest BCUT2D eigenvalue weighted by Crippen LogP contribution is 2.15. The number of nitrogens with two attached hydrogens (primary N) is 1. The van der Waals surface area contributed by atoms with E-state index < -0.39 is 22.1 Å². The number of benzene rings is 2. The number of carbonyl (C=O) groups excluding carboxylic acids is 3. The quantitative estimate of drug-likeness (QED) is 0.533. The van der Waals surface area contributed by atoms with E-state index in [4.69, 9.17) is 5.14 Å². The lowest BCUT2D eigenvalue weighted by molar-refractivity contribution is -0.128. The van der Waals surface area contributed by atoms with Crippen LogP contribution in [0, 0.1) is 0 Å². The average Bonchev–Trinajstić information content (AvgIpc) is 2.98. The fourth-order valence-corrected chi connectivity index (χ4v) is 3.57. The maximum Gasteiger partial charge on any atom is 0.325 e. The number of nitrogens with one attached hydrogen (secondary N) is 2. The van der Waals surface area contributed by atoms with Crippen molar-refractivity contribution in [3.63, 3.8) is 0 Å². The Hall–Kier alpha value is -3.24. The van der Waals surface area contributed by atoms with Gasteiger partial charge >= 0.3 is 6.03 Å². The molecule has 1 heterocycles. The van der Waals surface area contributed by atoms with Crippen LogP contribution >= 0.6 is 0 Å². The molecule has 10 heteroatoms. The van der Waals surface area contributed by atoms with E-state index in [1.165, 1.54) is 12.1 Å². The summed E-state index contributed by atoms with van der Waals surface area (Å²) in [6.07, 6.45) is 0.247. The summed E-state index contributed by atoms with van der Waals surface area (Å²) in [4.78, 5) is 37.8. The summed E-state index contributed by atoms with van der Waals surface area (Å²) in [5.74, 6) is -0.635. The molecule has 9 nitrogen and oxygen atoms in total. The van der Waals surface area contributed by atoms with Crippen molar-refractivity contribution in [3.05, 3.63) is 65.7 Å². The fraction of sp³-hybridized carbons (Fsp3) is 0.250. The predicted molar refractivity (Wildman–Crippen MR) is 108 cm³/mol. The Morgan fingerprint density at radius 1 is 1.03 bits per heavy atom. The van der Waals surface area contributed by atoms with Crippen LogP contribution in [-0.2, 0) is 32.7 Å². The monoisotopic (exact) mass is 430 g/mol. The van der Waals surface area contributed by atoms with Crippen molar-refractivity contribution in [2.75, 3.05) is 0 Å². The molecule has 2 aromatic carbocycles. The zero-order valence-corrected chi connectivity index (χ0v) is 16.9. The molecule has 0 aliphatic carbocycles. The second kappa shape index (κ2) is 9.06. The Bertz CT molecular complexity index is 1040. The van der Waals surface area contributed by atoms with E-state index in [0.717, 1.165) is 10.5 Å². The predicted octanol–water partition coefficient (Wildman–Crippen LogP) is 0.851. The van der Waals surface area contributed by atoms with Crippen molar-refractivity contribution in [2.45, 2.75) is 36.9 Å². The lowest BCUT2D eigenvalue weighted by Crippen LogP contribution is -2.32. The Kier molecular flexibility index (Phi) is 6.48. The standard InChI is InChI=1S/C20H22N4O5S/c21-30(28,29)16-8-6-14(7-9-16)12-22-18(25)11-10-17-19(26)24(20(27)23-17)13-15-4-2-1-3-5-15/h1-9,17H,10-13H2,(H,22,25)(H,23,27)(H2,21,28,29)/t17-/m0/s1. The summed E-state index contributed by atoms with van der Waals surface area (Å²) < 4.78 is 22.5. The van der Waals surface area contributed by atoms with Crippen LogP contribution in [0.15, 0.2) is 59.5 Å². The minimum absolute atomic E-state index is 0.00637. The van der Waals surface area contributed by atoms with Gasteiger partial charge in [0.2, 0.25) is 15.9 Å². The van der Waals surface area contributed by atoms with Crippen LogP contribution in [0.2, 0.25) is 0 Å². The highest BCUT2D eigenvalue weighted by atomic mass is 32.2. The summed E-state index contributed by atoms with van der Waals surface area (Å²) in [5.41, 5.74) is 1.54. The molecule has 0 unspecified atom stereocenters. The number of imide groups is 1. The molecule has 1 aliphatic rings. The molecule has 0 saturated carbocycles. The number of sulfonamides is 1. The zero-order valence-electron chi connectivity index (χ0n) is 16.1. The highest BCUT2D eigenvalue weighted by Gasteiger charge is 2.37. The Morgan fingerprint density at radius 3 is 2.33 bits per heavy atom. The third-order valence-corrected chi connectivity index (χ3v) is 5.62. The minimum Gasteiger partial charge on any atom is -0.352 e. The molecule has 0 bridgehead atoms. The summed E-state index contributed by atoms with van der Waals surface area (Å²) in [7, 11) is -3.76. The zero-order chi connectivity index (χ0) is 21.7. The van der Waals surface area contributed by atoms with Crippen molar-refractivity contribution in [1.29, 1.82) is 0 Å².